The minimum absolute atomic E-state index is 0.287. The Kier molecular flexibility index (Phi) is 7.91. The summed E-state index contributed by atoms with van der Waals surface area (Å²) >= 11 is 0. The molecule has 1 aromatic rings. The van der Waals surface area contributed by atoms with Crippen molar-refractivity contribution in [2.75, 3.05) is 13.2 Å². The molecule has 1 rings (SSSR count). The Labute approximate surface area is 141 Å². The van der Waals surface area contributed by atoms with Crippen molar-refractivity contribution in [2.24, 2.45) is 0 Å². The second-order valence-electron chi connectivity index (χ2n) is 6.12. The molecule has 0 aromatic heterocycles. The highest BCUT2D eigenvalue weighted by Crippen LogP contribution is 2.07. The van der Waals surface area contributed by atoms with E-state index in [1.54, 1.807) is 45.0 Å². The van der Waals surface area contributed by atoms with Gasteiger partial charge in [0.05, 0.1) is 6.61 Å². The highest BCUT2D eigenvalue weighted by molar-refractivity contribution is 6.01. The van der Waals surface area contributed by atoms with Crippen molar-refractivity contribution in [3.8, 4) is 0 Å². The van der Waals surface area contributed by atoms with Crippen LogP contribution in [0.3, 0.4) is 0 Å². The Bertz CT molecular complexity index is 566. The van der Waals surface area contributed by atoms with Crippen LogP contribution in [0.5, 0.6) is 0 Å². The van der Waals surface area contributed by atoms with E-state index in [1.807, 2.05) is 0 Å². The second-order valence-corrected chi connectivity index (χ2v) is 6.12. The summed E-state index contributed by atoms with van der Waals surface area (Å²) in [4.78, 5) is 39.1. The summed E-state index contributed by atoms with van der Waals surface area (Å²) in [5.41, 5.74) is 2.34. The molecule has 132 valence electrons. The van der Waals surface area contributed by atoms with Crippen LogP contribution in [0.25, 0.3) is 0 Å². The molecule has 0 saturated heterocycles. The molecule has 24 heavy (non-hydrogen) atoms. The predicted octanol–water partition coefficient (Wildman–Crippen LogP) is 2.47. The molecule has 0 atom stereocenters. The molecule has 2 amide bonds. The standard InChI is InChI=1S/C17H24N2O5/c1-17(2,3)24-16(22)19-23-11-7-6-10-18-15(21)14-9-5-4-8-13(14)12-20/h4-5,8-9,12H,6-7,10-11H2,1-3H3,(H,18,21)(H,19,22). The molecule has 1 aromatic carbocycles. The van der Waals surface area contributed by atoms with Crippen molar-refractivity contribution in [1.29, 1.82) is 0 Å². The predicted molar refractivity (Wildman–Crippen MR) is 88.7 cm³/mol. The molecular weight excluding hydrogens is 312 g/mol. The minimum atomic E-state index is -0.638. The van der Waals surface area contributed by atoms with Crippen LogP contribution in [0.4, 0.5) is 4.79 Å². The quantitative estimate of drug-likeness (QED) is 0.432. The number of amides is 2. The number of hydrogen-bond donors (Lipinski definition) is 2. The van der Waals surface area contributed by atoms with E-state index in [1.165, 1.54) is 0 Å². The van der Waals surface area contributed by atoms with Crippen LogP contribution in [0.1, 0.15) is 54.3 Å². The van der Waals surface area contributed by atoms with Crippen LogP contribution in [0, 0.1) is 0 Å². The maximum absolute atomic E-state index is 12.0. The number of aldehydes is 1. The van der Waals surface area contributed by atoms with Crippen molar-refractivity contribution in [3.05, 3.63) is 35.4 Å². The van der Waals surface area contributed by atoms with Gasteiger partial charge in [0.1, 0.15) is 5.60 Å². The minimum Gasteiger partial charge on any atom is -0.442 e. The van der Waals surface area contributed by atoms with E-state index in [-0.39, 0.29) is 5.91 Å². The van der Waals surface area contributed by atoms with Gasteiger partial charge in [-0.05, 0) is 39.7 Å². The van der Waals surface area contributed by atoms with E-state index in [0.29, 0.717) is 43.4 Å². The summed E-state index contributed by atoms with van der Waals surface area (Å²) in [6.45, 7) is 6.04. The number of carbonyl (C=O) groups excluding carboxylic acids is 3. The lowest BCUT2D eigenvalue weighted by Gasteiger charge is -2.19. The fourth-order valence-electron chi connectivity index (χ4n) is 1.81. The molecule has 0 spiro atoms. The van der Waals surface area contributed by atoms with Crippen LogP contribution < -0.4 is 10.8 Å². The van der Waals surface area contributed by atoms with Gasteiger partial charge in [0, 0.05) is 17.7 Å². The first kappa shape index (κ1) is 19.6. The first-order valence-corrected chi connectivity index (χ1v) is 7.76. The molecule has 0 aliphatic heterocycles. The molecule has 0 aliphatic rings. The largest absolute Gasteiger partial charge is 0.442 e. The van der Waals surface area contributed by atoms with E-state index in [9.17, 15) is 14.4 Å². The summed E-state index contributed by atoms with van der Waals surface area (Å²) < 4.78 is 5.01. The molecule has 0 saturated carbocycles. The number of carbonyl (C=O) groups is 3. The number of hydroxylamine groups is 1. The lowest BCUT2D eigenvalue weighted by Crippen LogP contribution is -2.32. The molecule has 0 unspecified atom stereocenters. The first-order valence-electron chi connectivity index (χ1n) is 7.76. The van der Waals surface area contributed by atoms with E-state index in [0.717, 1.165) is 0 Å². The topological polar surface area (TPSA) is 93.7 Å². The van der Waals surface area contributed by atoms with Crippen LogP contribution in [-0.4, -0.2) is 37.0 Å². The summed E-state index contributed by atoms with van der Waals surface area (Å²) in [7, 11) is 0. The summed E-state index contributed by atoms with van der Waals surface area (Å²) in [6.07, 6.45) is 1.34. The average molecular weight is 336 g/mol. The highest BCUT2D eigenvalue weighted by Gasteiger charge is 2.15. The lowest BCUT2D eigenvalue weighted by molar-refractivity contribution is -0.00846. The second kappa shape index (κ2) is 9.67. The molecule has 7 heteroatoms. The number of unbranched alkanes of at least 4 members (excludes halogenated alkanes) is 1. The zero-order valence-corrected chi connectivity index (χ0v) is 14.3. The molecular formula is C17H24N2O5. The number of hydrogen-bond acceptors (Lipinski definition) is 5. The molecule has 7 nitrogen and oxygen atoms in total. The van der Waals surface area contributed by atoms with Gasteiger partial charge in [-0.25, -0.2) is 4.79 Å². The van der Waals surface area contributed by atoms with Crippen molar-refractivity contribution in [1.82, 2.24) is 10.8 Å². The smallest absolute Gasteiger partial charge is 0.431 e. The summed E-state index contributed by atoms with van der Waals surface area (Å²) in [5.74, 6) is -0.287. The summed E-state index contributed by atoms with van der Waals surface area (Å²) in [5, 5.41) is 2.74. The van der Waals surface area contributed by atoms with Crippen molar-refractivity contribution >= 4 is 18.3 Å². The Morgan fingerprint density at radius 2 is 1.88 bits per heavy atom. The van der Waals surface area contributed by atoms with Crippen molar-refractivity contribution in [2.45, 2.75) is 39.2 Å². The van der Waals surface area contributed by atoms with E-state index in [2.05, 4.69) is 10.8 Å². The Morgan fingerprint density at radius 3 is 2.54 bits per heavy atom. The summed E-state index contributed by atoms with van der Waals surface area (Å²) in [6, 6.07) is 6.61. The van der Waals surface area contributed by atoms with Gasteiger partial charge in [0.15, 0.2) is 6.29 Å². The van der Waals surface area contributed by atoms with Crippen LogP contribution in [-0.2, 0) is 9.57 Å². The van der Waals surface area contributed by atoms with E-state index >= 15 is 0 Å². The average Bonchev–Trinajstić information content (AvgIpc) is 2.52. The zero-order valence-electron chi connectivity index (χ0n) is 14.3. The maximum Gasteiger partial charge on any atom is 0.431 e. The molecule has 0 radical (unpaired) electrons. The van der Waals surface area contributed by atoms with Crippen LogP contribution in [0.2, 0.25) is 0 Å². The number of rotatable bonds is 8. The Hall–Kier alpha value is -2.41. The van der Waals surface area contributed by atoms with Gasteiger partial charge < -0.3 is 10.1 Å². The van der Waals surface area contributed by atoms with Gasteiger partial charge in [-0.2, -0.15) is 5.48 Å². The third kappa shape index (κ3) is 7.73. The number of nitrogens with one attached hydrogen (secondary N) is 2. The SMILES string of the molecule is CC(C)(C)OC(=O)NOCCCCNC(=O)c1ccccc1C=O. The number of benzene rings is 1. The third-order valence-corrected chi connectivity index (χ3v) is 2.85. The van der Waals surface area contributed by atoms with Crippen molar-refractivity contribution < 1.29 is 24.0 Å². The van der Waals surface area contributed by atoms with Crippen molar-refractivity contribution in [3.63, 3.8) is 0 Å². The molecule has 0 aliphatic carbocycles. The van der Waals surface area contributed by atoms with Crippen LogP contribution in [0.15, 0.2) is 24.3 Å². The van der Waals surface area contributed by atoms with Gasteiger partial charge >= 0.3 is 6.09 Å². The fraction of sp³-hybridized carbons (Fsp3) is 0.471. The van der Waals surface area contributed by atoms with Gasteiger partial charge in [0.25, 0.3) is 5.91 Å². The van der Waals surface area contributed by atoms with E-state index in [4.69, 9.17) is 9.57 Å². The van der Waals surface area contributed by atoms with Gasteiger partial charge in [-0.15, -0.1) is 0 Å². The lowest BCUT2D eigenvalue weighted by atomic mass is 10.1. The van der Waals surface area contributed by atoms with Gasteiger partial charge in [-0.1, -0.05) is 18.2 Å². The maximum atomic E-state index is 12.0. The molecule has 0 fully saturated rings. The molecule has 0 heterocycles. The monoisotopic (exact) mass is 336 g/mol. The first-order chi connectivity index (χ1) is 11.3. The Morgan fingerprint density at radius 1 is 1.17 bits per heavy atom. The van der Waals surface area contributed by atoms with Gasteiger partial charge in [0.2, 0.25) is 0 Å². The highest BCUT2D eigenvalue weighted by atomic mass is 16.7. The molecule has 2 N–H and O–H groups in total. The van der Waals surface area contributed by atoms with Gasteiger partial charge in [-0.3, -0.25) is 14.4 Å². The fourth-order valence-corrected chi connectivity index (χ4v) is 1.81. The Balaban J connectivity index is 2.15. The number of ether oxygens (including phenoxy) is 1. The van der Waals surface area contributed by atoms with E-state index < -0.39 is 11.7 Å². The third-order valence-electron chi connectivity index (χ3n) is 2.85. The van der Waals surface area contributed by atoms with Crippen LogP contribution >= 0.6 is 0 Å². The normalized spacial score (nSPS) is 10.8. The molecule has 0 bridgehead atoms. The zero-order chi connectivity index (χ0) is 18.0.